The molecule has 0 bridgehead atoms. The van der Waals surface area contributed by atoms with Gasteiger partial charge in [-0.2, -0.15) is 0 Å². The van der Waals surface area contributed by atoms with E-state index in [1.165, 1.54) is 0 Å². The second-order valence-electron chi connectivity index (χ2n) is 9.68. The van der Waals surface area contributed by atoms with Crippen LogP contribution in [0.3, 0.4) is 0 Å². The van der Waals surface area contributed by atoms with Gasteiger partial charge in [0.25, 0.3) is 0 Å². The Balaban J connectivity index is 5.49. The van der Waals surface area contributed by atoms with Gasteiger partial charge >= 0.3 is 5.97 Å². The molecule has 35 heavy (non-hydrogen) atoms. The lowest BCUT2D eigenvalue weighted by atomic mass is 9.99. The van der Waals surface area contributed by atoms with E-state index in [-0.39, 0.29) is 43.9 Å². The maximum Gasteiger partial charge on any atom is 0.326 e. The van der Waals surface area contributed by atoms with Gasteiger partial charge in [-0.05, 0) is 56.9 Å². The smallest absolute Gasteiger partial charge is 0.326 e. The fourth-order valence-corrected chi connectivity index (χ4v) is 3.41. The number of primary amides is 1. The standard InChI is InChI=1S/C23H44N6O6/c1-13(2)11-17(22(33)29-18(23(34)35)12-14(3)4)28-21(32)16(7-5-6-10-24)27-20(31)15(25)8-9-19(26)30/h13-18H,5-12,24-25H2,1-4H3,(H2,26,30)(H,27,31)(H,28,32)(H,29,33)(H,34,35). The van der Waals surface area contributed by atoms with Crippen LogP contribution in [0.4, 0.5) is 0 Å². The van der Waals surface area contributed by atoms with Gasteiger partial charge in [0.1, 0.15) is 18.1 Å². The lowest BCUT2D eigenvalue weighted by molar-refractivity contribution is -0.143. The van der Waals surface area contributed by atoms with E-state index in [1.54, 1.807) is 0 Å². The highest BCUT2D eigenvalue weighted by Crippen LogP contribution is 2.10. The molecule has 0 radical (unpaired) electrons. The second-order valence-corrected chi connectivity index (χ2v) is 9.68. The van der Waals surface area contributed by atoms with E-state index in [0.717, 1.165) is 0 Å². The maximum absolute atomic E-state index is 13.1. The van der Waals surface area contributed by atoms with Crippen LogP contribution in [0.15, 0.2) is 0 Å². The number of carbonyl (C=O) groups is 5. The molecule has 0 aliphatic rings. The van der Waals surface area contributed by atoms with Crippen LogP contribution in [0.5, 0.6) is 0 Å². The van der Waals surface area contributed by atoms with Gasteiger partial charge in [0, 0.05) is 6.42 Å². The molecule has 0 aliphatic carbocycles. The topological polar surface area (TPSA) is 220 Å². The molecule has 0 aromatic carbocycles. The molecule has 12 heteroatoms. The van der Waals surface area contributed by atoms with Crippen LogP contribution in [0.1, 0.15) is 72.6 Å². The first-order chi connectivity index (χ1) is 16.3. The van der Waals surface area contributed by atoms with Crippen molar-refractivity contribution in [3.63, 3.8) is 0 Å². The molecule has 0 saturated carbocycles. The van der Waals surface area contributed by atoms with Crippen LogP contribution in [-0.4, -0.2) is 65.4 Å². The predicted octanol–water partition coefficient (Wildman–Crippen LogP) is -0.661. The summed E-state index contributed by atoms with van der Waals surface area (Å²) in [7, 11) is 0. The van der Waals surface area contributed by atoms with Gasteiger partial charge in [0.15, 0.2) is 0 Å². The van der Waals surface area contributed by atoms with Crippen LogP contribution in [0.25, 0.3) is 0 Å². The Morgan fingerprint density at radius 1 is 0.743 bits per heavy atom. The molecular weight excluding hydrogens is 456 g/mol. The van der Waals surface area contributed by atoms with Crippen LogP contribution < -0.4 is 33.2 Å². The number of carbonyl (C=O) groups excluding carboxylic acids is 4. The molecule has 0 heterocycles. The number of hydrogen-bond acceptors (Lipinski definition) is 7. The Hall–Kier alpha value is -2.73. The predicted molar refractivity (Wildman–Crippen MR) is 132 cm³/mol. The third-order valence-electron chi connectivity index (χ3n) is 5.28. The molecule has 0 spiro atoms. The largest absolute Gasteiger partial charge is 0.480 e. The minimum absolute atomic E-state index is 0.0203. The lowest BCUT2D eigenvalue weighted by Gasteiger charge is -2.26. The quantitative estimate of drug-likeness (QED) is 0.119. The van der Waals surface area contributed by atoms with E-state index in [0.29, 0.717) is 19.4 Å². The van der Waals surface area contributed by atoms with Gasteiger partial charge in [-0.1, -0.05) is 27.7 Å². The van der Waals surface area contributed by atoms with Crippen molar-refractivity contribution in [1.29, 1.82) is 0 Å². The summed E-state index contributed by atoms with van der Waals surface area (Å²) in [5, 5.41) is 17.2. The number of amides is 4. The van der Waals surface area contributed by atoms with E-state index < -0.39 is 53.8 Å². The minimum atomic E-state index is -1.15. The summed E-state index contributed by atoms with van der Waals surface area (Å²) in [5.41, 5.74) is 16.4. The Morgan fingerprint density at radius 3 is 1.71 bits per heavy atom. The van der Waals surface area contributed by atoms with Gasteiger partial charge in [-0.3, -0.25) is 19.2 Å². The third kappa shape index (κ3) is 14.3. The molecule has 10 N–H and O–H groups in total. The summed E-state index contributed by atoms with van der Waals surface area (Å²) in [5.74, 6) is -3.50. The summed E-state index contributed by atoms with van der Waals surface area (Å²) >= 11 is 0. The highest BCUT2D eigenvalue weighted by Gasteiger charge is 2.30. The van der Waals surface area contributed by atoms with Crippen LogP contribution in [0, 0.1) is 11.8 Å². The molecule has 0 aromatic heterocycles. The molecule has 4 atom stereocenters. The van der Waals surface area contributed by atoms with E-state index in [9.17, 15) is 29.1 Å². The molecule has 0 aliphatic heterocycles. The molecule has 4 unspecified atom stereocenters. The first-order valence-corrected chi connectivity index (χ1v) is 12.2. The third-order valence-corrected chi connectivity index (χ3v) is 5.28. The molecule has 0 fully saturated rings. The van der Waals surface area contributed by atoms with Gasteiger partial charge < -0.3 is 38.3 Å². The molecule has 202 valence electrons. The first-order valence-electron chi connectivity index (χ1n) is 12.2. The van der Waals surface area contributed by atoms with E-state index >= 15 is 0 Å². The zero-order valence-electron chi connectivity index (χ0n) is 21.3. The normalized spacial score (nSPS) is 14.6. The highest BCUT2D eigenvalue weighted by molar-refractivity contribution is 5.94. The summed E-state index contributed by atoms with van der Waals surface area (Å²) in [4.78, 5) is 61.0. The van der Waals surface area contributed by atoms with E-state index in [2.05, 4.69) is 16.0 Å². The van der Waals surface area contributed by atoms with Crippen molar-refractivity contribution >= 4 is 29.6 Å². The number of carboxylic acids is 1. The summed E-state index contributed by atoms with van der Waals surface area (Å²) in [6, 6.07) is -4.09. The number of rotatable bonds is 18. The van der Waals surface area contributed by atoms with Gasteiger partial charge in [0.05, 0.1) is 6.04 Å². The number of aliphatic carboxylic acids is 1. The molecule has 12 nitrogen and oxygen atoms in total. The van der Waals surface area contributed by atoms with Crippen molar-refractivity contribution in [3.8, 4) is 0 Å². The van der Waals surface area contributed by atoms with Crippen molar-refractivity contribution < 1.29 is 29.1 Å². The molecule has 4 amide bonds. The molecule has 0 saturated heterocycles. The van der Waals surface area contributed by atoms with Gasteiger partial charge in [-0.15, -0.1) is 0 Å². The Kier molecular flexibility index (Phi) is 15.5. The van der Waals surface area contributed by atoms with E-state index in [1.807, 2.05) is 27.7 Å². The Bertz CT molecular complexity index is 715. The van der Waals surface area contributed by atoms with Gasteiger partial charge in [0.2, 0.25) is 23.6 Å². The fourth-order valence-electron chi connectivity index (χ4n) is 3.41. The highest BCUT2D eigenvalue weighted by atomic mass is 16.4. The Morgan fingerprint density at radius 2 is 1.23 bits per heavy atom. The minimum Gasteiger partial charge on any atom is -0.480 e. The number of unbranched alkanes of at least 4 members (excludes halogenated alkanes) is 1. The average Bonchev–Trinajstić information content (AvgIpc) is 2.74. The average molecular weight is 501 g/mol. The zero-order valence-corrected chi connectivity index (χ0v) is 21.3. The van der Waals surface area contributed by atoms with Crippen LogP contribution in [-0.2, 0) is 24.0 Å². The number of nitrogens with one attached hydrogen (secondary N) is 3. The van der Waals surface area contributed by atoms with Crippen LogP contribution >= 0.6 is 0 Å². The van der Waals surface area contributed by atoms with Crippen molar-refractivity contribution in [2.75, 3.05) is 6.54 Å². The molecule has 0 aromatic rings. The van der Waals surface area contributed by atoms with E-state index in [4.69, 9.17) is 17.2 Å². The number of hydrogen-bond donors (Lipinski definition) is 7. The zero-order chi connectivity index (χ0) is 27.1. The summed E-state index contributed by atoms with van der Waals surface area (Å²) in [6.45, 7) is 7.84. The fraction of sp³-hybridized carbons (Fsp3) is 0.783. The second kappa shape index (κ2) is 16.8. The monoisotopic (exact) mass is 500 g/mol. The van der Waals surface area contributed by atoms with Crippen molar-refractivity contribution in [2.45, 2.75) is 96.8 Å². The maximum atomic E-state index is 13.1. The van der Waals surface area contributed by atoms with Crippen LogP contribution in [0.2, 0.25) is 0 Å². The summed E-state index contributed by atoms with van der Waals surface area (Å²) < 4.78 is 0. The van der Waals surface area contributed by atoms with Crippen molar-refractivity contribution in [3.05, 3.63) is 0 Å². The summed E-state index contributed by atoms with van der Waals surface area (Å²) in [6.07, 6.45) is 1.90. The first kappa shape index (κ1) is 32.3. The van der Waals surface area contributed by atoms with Gasteiger partial charge in [-0.25, -0.2) is 4.79 Å². The lowest BCUT2D eigenvalue weighted by Crippen LogP contribution is -2.57. The van der Waals surface area contributed by atoms with Crippen molar-refractivity contribution in [1.82, 2.24) is 16.0 Å². The Labute approximate surface area is 207 Å². The number of carboxylic acid groups (broad SMARTS) is 1. The SMILES string of the molecule is CC(C)CC(NC(=O)C(CC(C)C)NC(=O)C(CCCCN)NC(=O)C(N)CCC(N)=O)C(=O)O. The number of nitrogens with two attached hydrogens (primary N) is 3. The molecule has 0 rings (SSSR count). The van der Waals surface area contributed by atoms with Crippen molar-refractivity contribution in [2.24, 2.45) is 29.0 Å². The molecular formula is C23H44N6O6.